The van der Waals surface area contributed by atoms with Crippen molar-refractivity contribution in [2.75, 3.05) is 37.3 Å². The summed E-state index contributed by atoms with van der Waals surface area (Å²) in [6, 6.07) is 5.54. The Balaban J connectivity index is 2.02. The van der Waals surface area contributed by atoms with Gasteiger partial charge in [-0.05, 0) is 45.2 Å². The molecule has 0 aliphatic carbocycles. The molecule has 7 nitrogen and oxygen atoms in total. The van der Waals surface area contributed by atoms with Gasteiger partial charge in [0.15, 0.2) is 11.4 Å². The molecular weight excluding hydrogens is 386 g/mol. The molecule has 27 heavy (non-hydrogen) atoms. The Labute approximate surface area is 169 Å². The highest BCUT2D eigenvalue weighted by molar-refractivity contribution is 8.13. The van der Waals surface area contributed by atoms with E-state index in [1.165, 1.54) is 11.8 Å². The number of aliphatic imine (C=N–C) groups is 1. The Morgan fingerprint density at radius 3 is 2.52 bits per heavy atom. The topological polar surface area (TPSA) is 81.0 Å². The van der Waals surface area contributed by atoms with Crippen molar-refractivity contribution >= 4 is 46.0 Å². The second kappa shape index (κ2) is 9.20. The predicted molar refractivity (Wildman–Crippen MR) is 111 cm³/mol. The van der Waals surface area contributed by atoms with Gasteiger partial charge in [0.25, 0.3) is 0 Å². The lowest BCUT2D eigenvalue weighted by Crippen LogP contribution is -2.50. The first-order valence-electron chi connectivity index (χ1n) is 8.53. The first-order valence-corrected chi connectivity index (χ1v) is 10.1. The zero-order chi connectivity index (χ0) is 20.0. The summed E-state index contributed by atoms with van der Waals surface area (Å²) in [4.78, 5) is 20.4. The van der Waals surface area contributed by atoms with Crippen LogP contribution >= 0.6 is 23.4 Å². The van der Waals surface area contributed by atoms with Gasteiger partial charge in [0.05, 0.1) is 16.4 Å². The van der Waals surface area contributed by atoms with Gasteiger partial charge < -0.3 is 14.5 Å². The Morgan fingerprint density at radius 2 is 2.00 bits per heavy atom. The second-order valence-electron chi connectivity index (χ2n) is 6.95. The number of carbonyl (C=O) groups excluding carboxylic acids is 1. The van der Waals surface area contributed by atoms with E-state index in [0.717, 1.165) is 5.69 Å². The van der Waals surface area contributed by atoms with Crippen LogP contribution in [0.15, 0.2) is 23.2 Å². The molecule has 0 unspecified atom stereocenters. The Bertz CT molecular complexity index is 749. The standard InChI is InChI=1S/C18H24ClN5O2S/c1-18(2,3)26-17(25)24-9-7-23(8-10-24)15-6-5-13(11-14(15)19)22-16(27-4)21-12-20/h5-6,11H,7-10H2,1-4H3,(H,21,22). The van der Waals surface area contributed by atoms with Crippen LogP contribution in [0.25, 0.3) is 0 Å². The van der Waals surface area contributed by atoms with Gasteiger partial charge in [-0.1, -0.05) is 23.4 Å². The van der Waals surface area contributed by atoms with E-state index in [1.54, 1.807) is 11.0 Å². The van der Waals surface area contributed by atoms with Crippen molar-refractivity contribution in [1.82, 2.24) is 10.2 Å². The monoisotopic (exact) mass is 409 g/mol. The van der Waals surface area contributed by atoms with Crippen LogP contribution in [0.1, 0.15) is 20.8 Å². The molecule has 2 rings (SSSR count). The van der Waals surface area contributed by atoms with Crippen LogP contribution in [0.3, 0.4) is 0 Å². The van der Waals surface area contributed by atoms with Gasteiger partial charge in [-0.15, -0.1) is 0 Å². The van der Waals surface area contributed by atoms with Crippen LogP contribution in [0, 0.1) is 11.5 Å². The molecule has 1 amide bonds. The molecule has 1 aromatic rings. The molecule has 0 radical (unpaired) electrons. The predicted octanol–water partition coefficient (Wildman–Crippen LogP) is 3.82. The van der Waals surface area contributed by atoms with E-state index in [4.69, 9.17) is 21.6 Å². The van der Waals surface area contributed by atoms with Crippen molar-refractivity contribution in [3.63, 3.8) is 0 Å². The molecule has 9 heteroatoms. The quantitative estimate of drug-likeness (QED) is 0.346. The van der Waals surface area contributed by atoms with Crippen LogP contribution < -0.4 is 10.2 Å². The minimum atomic E-state index is -0.496. The molecule has 1 saturated heterocycles. The number of amides is 1. The molecule has 1 N–H and O–H groups in total. The fraction of sp³-hybridized carbons (Fsp3) is 0.500. The lowest BCUT2D eigenvalue weighted by Gasteiger charge is -2.37. The summed E-state index contributed by atoms with van der Waals surface area (Å²) in [7, 11) is 0. The van der Waals surface area contributed by atoms with E-state index in [2.05, 4.69) is 15.2 Å². The van der Waals surface area contributed by atoms with E-state index in [9.17, 15) is 4.79 Å². The normalized spacial score (nSPS) is 15.3. The summed E-state index contributed by atoms with van der Waals surface area (Å²) in [6.07, 6.45) is 3.41. The number of hydrogen-bond donors (Lipinski definition) is 1. The molecule has 1 aliphatic heterocycles. The van der Waals surface area contributed by atoms with Gasteiger partial charge in [-0.3, -0.25) is 5.32 Å². The van der Waals surface area contributed by atoms with Gasteiger partial charge in [0, 0.05) is 26.2 Å². The lowest BCUT2D eigenvalue weighted by atomic mass is 10.2. The van der Waals surface area contributed by atoms with Crippen molar-refractivity contribution in [2.45, 2.75) is 26.4 Å². The maximum absolute atomic E-state index is 12.2. The Hall–Kier alpha value is -2.11. The fourth-order valence-electron chi connectivity index (χ4n) is 2.57. The molecule has 1 aliphatic rings. The third-order valence-electron chi connectivity index (χ3n) is 3.79. The Kier molecular flexibility index (Phi) is 7.22. The number of anilines is 1. The summed E-state index contributed by atoms with van der Waals surface area (Å²) >= 11 is 7.79. The smallest absolute Gasteiger partial charge is 0.410 e. The van der Waals surface area contributed by atoms with E-state index in [0.29, 0.717) is 42.1 Å². The average Bonchev–Trinajstić information content (AvgIpc) is 2.60. The number of piperazine rings is 1. The number of rotatable bonds is 2. The number of carbonyl (C=O) groups is 1. The van der Waals surface area contributed by atoms with Crippen molar-refractivity contribution in [2.24, 2.45) is 4.99 Å². The number of halogens is 1. The van der Waals surface area contributed by atoms with Gasteiger partial charge in [-0.2, -0.15) is 5.26 Å². The van der Waals surface area contributed by atoms with Crippen LogP contribution in [0.4, 0.5) is 16.2 Å². The molecule has 0 bridgehead atoms. The van der Waals surface area contributed by atoms with E-state index in [1.807, 2.05) is 45.4 Å². The third-order valence-corrected chi connectivity index (χ3v) is 4.67. The number of nitrogens with one attached hydrogen (secondary N) is 1. The number of ether oxygens (including phenoxy) is 1. The fourth-order valence-corrected chi connectivity index (χ4v) is 3.21. The van der Waals surface area contributed by atoms with E-state index >= 15 is 0 Å². The molecule has 1 fully saturated rings. The van der Waals surface area contributed by atoms with Gasteiger partial charge >= 0.3 is 6.09 Å². The van der Waals surface area contributed by atoms with Gasteiger partial charge in [-0.25, -0.2) is 9.79 Å². The summed E-state index contributed by atoms with van der Waals surface area (Å²) in [5.41, 5.74) is 1.07. The first kappa shape index (κ1) is 21.2. The van der Waals surface area contributed by atoms with E-state index in [-0.39, 0.29) is 6.09 Å². The number of hydrogen-bond acceptors (Lipinski definition) is 6. The molecule has 146 valence electrons. The average molecular weight is 410 g/mol. The number of thioether (sulfide) groups is 1. The van der Waals surface area contributed by atoms with Crippen LogP contribution in [0.2, 0.25) is 5.02 Å². The molecule has 1 heterocycles. The van der Waals surface area contributed by atoms with Gasteiger partial charge in [0.2, 0.25) is 0 Å². The zero-order valence-corrected chi connectivity index (χ0v) is 17.5. The summed E-state index contributed by atoms with van der Waals surface area (Å²) in [5.74, 6) is 0. The number of nitriles is 1. The lowest BCUT2D eigenvalue weighted by molar-refractivity contribution is 0.0240. The number of benzene rings is 1. The summed E-state index contributed by atoms with van der Waals surface area (Å²) in [6.45, 7) is 8.08. The highest BCUT2D eigenvalue weighted by Crippen LogP contribution is 2.31. The van der Waals surface area contributed by atoms with Crippen molar-refractivity contribution in [1.29, 1.82) is 5.26 Å². The first-order chi connectivity index (χ1) is 12.7. The highest BCUT2D eigenvalue weighted by atomic mass is 35.5. The van der Waals surface area contributed by atoms with Crippen LogP contribution in [0.5, 0.6) is 0 Å². The van der Waals surface area contributed by atoms with Crippen molar-refractivity contribution in [3.8, 4) is 6.19 Å². The SMILES string of the molecule is CSC(=Nc1ccc(N2CCN(C(=O)OC(C)(C)C)CC2)c(Cl)c1)NC#N. The molecule has 1 aromatic carbocycles. The van der Waals surface area contributed by atoms with Crippen LogP contribution in [-0.2, 0) is 4.74 Å². The highest BCUT2D eigenvalue weighted by Gasteiger charge is 2.26. The zero-order valence-electron chi connectivity index (χ0n) is 16.0. The largest absolute Gasteiger partial charge is 0.444 e. The second-order valence-corrected chi connectivity index (χ2v) is 8.15. The molecular formula is C18H24ClN5O2S. The maximum atomic E-state index is 12.2. The van der Waals surface area contributed by atoms with Crippen LogP contribution in [-0.4, -0.2) is 54.2 Å². The van der Waals surface area contributed by atoms with E-state index < -0.39 is 5.60 Å². The van der Waals surface area contributed by atoms with Gasteiger partial charge in [0.1, 0.15) is 5.60 Å². The summed E-state index contributed by atoms with van der Waals surface area (Å²) in [5, 5.41) is 12.3. The third kappa shape index (κ3) is 6.22. The van der Waals surface area contributed by atoms with Crippen molar-refractivity contribution < 1.29 is 9.53 Å². The molecule has 0 saturated carbocycles. The minimum absolute atomic E-state index is 0.285. The molecule has 0 atom stereocenters. The summed E-state index contributed by atoms with van der Waals surface area (Å²) < 4.78 is 5.42. The molecule has 0 aromatic heterocycles. The number of amidine groups is 1. The maximum Gasteiger partial charge on any atom is 0.410 e. The Morgan fingerprint density at radius 1 is 1.33 bits per heavy atom. The van der Waals surface area contributed by atoms with Crippen molar-refractivity contribution in [3.05, 3.63) is 23.2 Å². The molecule has 0 spiro atoms. The minimum Gasteiger partial charge on any atom is -0.444 e. The number of nitrogens with zero attached hydrogens (tertiary/aromatic N) is 4.